The van der Waals surface area contributed by atoms with Crippen molar-refractivity contribution < 1.29 is 9.26 Å². The number of morpholine rings is 1. The number of nitrogens with zero attached hydrogens (tertiary/aromatic N) is 4. The molecular formula is C14H20N4O2S. The van der Waals surface area contributed by atoms with E-state index < -0.39 is 0 Å². The summed E-state index contributed by atoms with van der Waals surface area (Å²) in [7, 11) is 0. The Bertz CT molecular complexity index is 595. The monoisotopic (exact) mass is 308 g/mol. The van der Waals surface area contributed by atoms with Crippen LogP contribution in [0.2, 0.25) is 0 Å². The predicted octanol–water partition coefficient (Wildman–Crippen LogP) is 2.53. The van der Waals surface area contributed by atoms with E-state index in [9.17, 15) is 0 Å². The van der Waals surface area contributed by atoms with Gasteiger partial charge in [0.25, 0.3) is 0 Å². The lowest BCUT2D eigenvalue weighted by Crippen LogP contribution is -2.37. The molecule has 0 radical (unpaired) electrons. The summed E-state index contributed by atoms with van der Waals surface area (Å²) in [6, 6.07) is 0. The van der Waals surface area contributed by atoms with Crippen molar-refractivity contribution in [3.63, 3.8) is 0 Å². The fourth-order valence-corrected chi connectivity index (χ4v) is 3.11. The molecule has 0 amide bonds. The van der Waals surface area contributed by atoms with E-state index in [-0.39, 0.29) is 6.10 Å². The molecule has 0 N–H and O–H groups in total. The zero-order valence-electron chi connectivity index (χ0n) is 12.6. The van der Waals surface area contributed by atoms with E-state index in [0.717, 1.165) is 29.6 Å². The smallest absolute Gasteiger partial charge is 0.240 e. The standard InChI is InChI=1S/C14H20N4O2S/c1-9(2)13-16-12(20-17-13)7-18-4-5-19-11(6-18)14-15-10(3)8-21-14/h8-9,11H,4-7H2,1-3H3/t11-/m1/s1. The van der Waals surface area contributed by atoms with E-state index in [1.165, 1.54) is 0 Å². The molecule has 3 heterocycles. The Morgan fingerprint density at radius 2 is 2.29 bits per heavy atom. The third-order valence-electron chi connectivity index (χ3n) is 3.42. The van der Waals surface area contributed by atoms with E-state index >= 15 is 0 Å². The van der Waals surface area contributed by atoms with Gasteiger partial charge in [0, 0.05) is 30.1 Å². The van der Waals surface area contributed by atoms with E-state index in [1.54, 1.807) is 11.3 Å². The van der Waals surface area contributed by atoms with Gasteiger partial charge in [-0.15, -0.1) is 11.3 Å². The quantitative estimate of drug-likeness (QED) is 0.865. The summed E-state index contributed by atoms with van der Waals surface area (Å²) in [4.78, 5) is 11.2. The lowest BCUT2D eigenvalue weighted by Gasteiger charge is -2.30. The molecule has 1 fully saturated rings. The topological polar surface area (TPSA) is 64.3 Å². The zero-order valence-corrected chi connectivity index (χ0v) is 13.4. The van der Waals surface area contributed by atoms with Gasteiger partial charge in [-0.2, -0.15) is 4.98 Å². The van der Waals surface area contributed by atoms with Gasteiger partial charge >= 0.3 is 0 Å². The van der Waals surface area contributed by atoms with Crippen molar-refractivity contribution in [1.29, 1.82) is 0 Å². The predicted molar refractivity (Wildman–Crippen MR) is 79.2 cm³/mol. The van der Waals surface area contributed by atoms with Crippen LogP contribution in [0.1, 0.15) is 48.3 Å². The number of aryl methyl sites for hydroxylation is 1. The molecule has 114 valence electrons. The summed E-state index contributed by atoms with van der Waals surface area (Å²) in [6.45, 7) is 9.19. The highest BCUT2D eigenvalue weighted by molar-refractivity contribution is 7.09. The van der Waals surface area contributed by atoms with Gasteiger partial charge in [0.1, 0.15) is 11.1 Å². The summed E-state index contributed by atoms with van der Waals surface area (Å²) in [5.74, 6) is 1.73. The van der Waals surface area contributed by atoms with E-state index in [2.05, 4.69) is 39.3 Å². The summed E-state index contributed by atoms with van der Waals surface area (Å²) in [5.41, 5.74) is 1.05. The van der Waals surface area contributed by atoms with Crippen LogP contribution in [0.5, 0.6) is 0 Å². The number of ether oxygens (including phenoxy) is 1. The van der Waals surface area contributed by atoms with Crippen LogP contribution >= 0.6 is 11.3 Å². The third-order valence-corrected chi connectivity index (χ3v) is 4.48. The molecule has 1 aliphatic rings. The molecule has 0 bridgehead atoms. The van der Waals surface area contributed by atoms with Gasteiger partial charge < -0.3 is 9.26 Å². The minimum Gasteiger partial charge on any atom is -0.368 e. The Kier molecular flexibility index (Phi) is 4.32. The lowest BCUT2D eigenvalue weighted by atomic mass is 10.2. The molecule has 2 aromatic heterocycles. The van der Waals surface area contributed by atoms with Crippen molar-refractivity contribution in [2.24, 2.45) is 0 Å². The van der Waals surface area contributed by atoms with Crippen LogP contribution < -0.4 is 0 Å². The minimum atomic E-state index is 0.0462. The van der Waals surface area contributed by atoms with Crippen molar-refractivity contribution in [3.8, 4) is 0 Å². The first-order valence-corrected chi connectivity index (χ1v) is 8.08. The first-order valence-electron chi connectivity index (χ1n) is 7.20. The van der Waals surface area contributed by atoms with Crippen LogP contribution in [0.25, 0.3) is 0 Å². The summed E-state index contributed by atoms with van der Waals surface area (Å²) >= 11 is 1.66. The molecule has 0 unspecified atom stereocenters. The number of hydrogen-bond acceptors (Lipinski definition) is 7. The van der Waals surface area contributed by atoms with Crippen molar-refractivity contribution in [2.45, 2.75) is 39.3 Å². The Balaban J connectivity index is 1.63. The van der Waals surface area contributed by atoms with Crippen molar-refractivity contribution in [3.05, 3.63) is 27.8 Å². The summed E-state index contributed by atoms with van der Waals surface area (Å²) in [6.07, 6.45) is 0.0462. The molecule has 0 aromatic carbocycles. The van der Waals surface area contributed by atoms with Crippen LogP contribution in [-0.4, -0.2) is 39.7 Å². The molecule has 0 aliphatic carbocycles. The van der Waals surface area contributed by atoms with Gasteiger partial charge in [0.05, 0.1) is 13.2 Å². The molecule has 6 nitrogen and oxygen atoms in total. The molecule has 1 atom stereocenters. The van der Waals surface area contributed by atoms with Crippen LogP contribution in [0, 0.1) is 6.92 Å². The molecule has 2 aromatic rings. The van der Waals surface area contributed by atoms with Gasteiger partial charge in [0.2, 0.25) is 5.89 Å². The maximum Gasteiger partial charge on any atom is 0.240 e. The van der Waals surface area contributed by atoms with Crippen LogP contribution in [0.15, 0.2) is 9.90 Å². The zero-order chi connectivity index (χ0) is 14.8. The van der Waals surface area contributed by atoms with Gasteiger partial charge in [-0.1, -0.05) is 19.0 Å². The number of aromatic nitrogens is 3. The number of hydrogen-bond donors (Lipinski definition) is 0. The van der Waals surface area contributed by atoms with E-state index in [1.807, 2.05) is 6.92 Å². The first kappa shape index (κ1) is 14.6. The van der Waals surface area contributed by atoms with Crippen molar-refractivity contribution in [2.75, 3.05) is 19.7 Å². The van der Waals surface area contributed by atoms with Gasteiger partial charge in [-0.25, -0.2) is 4.98 Å². The molecule has 1 aliphatic heterocycles. The Morgan fingerprint density at radius 3 is 2.95 bits per heavy atom. The maximum absolute atomic E-state index is 5.83. The highest BCUT2D eigenvalue weighted by Gasteiger charge is 2.25. The maximum atomic E-state index is 5.83. The molecular weight excluding hydrogens is 288 g/mol. The Hall–Kier alpha value is -1.31. The van der Waals surface area contributed by atoms with Crippen LogP contribution in [-0.2, 0) is 11.3 Å². The molecule has 1 saturated heterocycles. The lowest BCUT2D eigenvalue weighted by molar-refractivity contribution is -0.0357. The normalized spacial score (nSPS) is 20.3. The van der Waals surface area contributed by atoms with Gasteiger partial charge in [-0.05, 0) is 6.92 Å². The number of rotatable bonds is 4. The fraction of sp³-hybridized carbons (Fsp3) is 0.643. The van der Waals surface area contributed by atoms with Crippen LogP contribution in [0.3, 0.4) is 0 Å². The summed E-state index contributed by atoms with van der Waals surface area (Å²) < 4.78 is 11.1. The van der Waals surface area contributed by atoms with E-state index in [0.29, 0.717) is 25.0 Å². The molecule has 0 spiro atoms. The second-order valence-electron chi connectivity index (χ2n) is 5.62. The minimum absolute atomic E-state index is 0.0462. The third kappa shape index (κ3) is 3.48. The van der Waals surface area contributed by atoms with Crippen molar-refractivity contribution in [1.82, 2.24) is 20.0 Å². The largest absolute Gasteiger partial charge is 0.368 e. The highest BCUT2D eigenvalue weighted by atomic mass is 32.1. The SMILES string of the molecule is Cc1csc([C@H]2CN(Cc3nc(C(C)C)no3)CCO2)n1. The average Bonchev–Trinajstić information content (AvgIpc) is 3.08. The average molecular weight is 308 g/mol. The van der Waals surface area contributed by atoms with E-state index in [4.69, 9.17) is 9.26 Å². The molecule has 3 rings (SSSR count). The second-order valence-corrected chi connectivity index (χ2v) is 6.51. The van der Waals surface area contributed by atoms with Gasteiger partial charge in [-0.3, -0.25) is 4.90 Å². The molecule has 7 heteroatoms. The Morgan fingerprint density at radius 1 is 1.43 bits per heavy atom. The van der Waals surface area contributed by atoms with Crippen LogP contribution in [0.4, 0.5) is 0 Å². The second kappa shape index (κ2) is 6.21. The van der Waals surface area contributed by atoms with Gasteiger partial charge in [0.15, 0.2) is 5.82 Å². The highest BCUT2D eigenvalue weighted by Crippen LogP contribution is 2.25. The molecule has 0 saturated carbocycles. The number of thiazole rings is 1. The first-order chi connectivity index (χ1) is 10.1. The summed E-state index contributed by atoms with van der Waals surface area (Å²) in [5, 5.41) is 7.11. The van der Waals surface area contributed by atoms with Crippen molar-refractivity contribution >= 4 is 11.3 Å². The fourth-order valence-electron chi connectivity index (χ4n) is 2.27. The Labute approximate surface area is 128 Å². The molecule has 21 heavy (non-hydrogen) atoms.